The molecular weight excluding hydrogens is 232 g/mol. The molecule has 5 heteroatoms. The minimum absolute atomic E-state index is 0.505. The number of nitrogens with one attached hydrogen (secondary N) is 1. The van der Waals surface area contributed by atoms with E-state index in [1.165, 1.54) is 5.56 Å². The van der Waals surface area contributed by atoms with Crippen LogP contribution in [0.5, 0.6) is 0 Å². The van der Waals surface area contributed by atoms with E-state index in [1.54, 1.807) is 13.4 Å². The molecule has 2 aromatic rings. The molecule has 0 bridgehead atoms. The molecule has 1 aromatic heterocycles. The van der Waals surface area contributed by atoms with Crippen LogP contribution in [0.15, 0.2) is 30.6 Å². The second-order valence-electron chi connectivity index (χ2n) is 3.56. The van der Waals surface area contributed by atoms with Gasteiger partial charge < -0.3 is 5.32 Å². The lowest BCUT2D eigenvalue weighted by Gasteiger charge is -2.10. The van der Waals surface area contributed by atoms with Gasteiger partial charge in [0.25, 0.3) is 0 Å². The molecule has 0 aliphatic carbocycles. The zero-order valence-electron chi connectivity index (χ0n) is 9.84. The molecule has 0 aliphatic heterocycles. The summed E-state index contributed by atoms with van der Waals surface area (Å²) in [4.78, 5) is 8.38. The Hall–Kier alpha value is -1.75. The van der Waals surface area contributed by atoms with Gasteiger partial charge in [-0.1, -0.05) is 25.1 Å². The Bertz CT molecular complexity index is 577. The summed E-state index contributed by atoms with van der Waals surface area (Å²) in [6.07, 6.45) is 2.65. The largest absolute Gasteiger partial charge is 0.357 e. The topological polar surface area (TPSA) is 42.7 Å². The Balaban J connectivity index is 2.57. The van der Waals surface area contributed by atoms with Crippen molar-refractivity contribution in [2.75, 3.05) is 12.4 Å². The zero-order chi connectivity index (χ0) is 12.3. The molecule has 0 fully saturated rings. The van der Waals surface area contributed by atoms with Crippen LogP contribution < -0.4 is 5.32 Å². The van der Waals surface area contributed by atoms with Gasteiger partial charge in [0, 0.05) is 7.05 Å². The molecule has 1 aromatic carbocycles. The molecule has 4 nitrogen and oxygen atoms in total. The SMILES string of the molecule is CCc1ccccc1-n1cnc(NC)nc1=S. The lowest BCUT2D eigenvalue weighted by Crippen LogP contribution is -2.06. The maximum Gasteiger partial charge on any atom is 0.226 e. The van der Waals surface area contributed by atoms with Crippen molar-refractivity contribution in [1.29, 1.82) is 0 Å². The van der Waals surface area contributed by atoms with Crippen molar-refractivity contribution < 1.29 is 0 Å². The molecule has 0 aliphatic rings. The second-order valence-corrected chi connectivity index (χ2v) is 3.93. The number of nitrogens with zero attached hydrogens (tertiary/aromatic N) is 3. The van der Waals surface area contributed by atoms with Crippen molar-refractivity contribution >= 4 is 18.2 Å². The van der Waals surface area contributed by atoms with Gasteiger partial charge in [-0.15, -0.1) is 0 Å². The van der Waals surface area contributed by atoms with Crippen LogP contribution >= 0.6 is 12.2 Å². The van der Waals surface area contributed by atoms with Gasteiger partial charge in [-0.25, -0.2) is 4.98 Å². The summed E-state index contributed by atoms with van der Waals surface area (Å²) < 4.78 is 2.33. The first-order valence-electron chi connectivity index (χ1n) is 5.48. The number of aromatic nitrogens is 3. The van der Waals surface area contributed by atoms with Crippen LogP contribution in [0.1, 0.15) is 12.5 Å². The van der Waals surface area contributed by atoms with E-state index in [1.807, 2.05) is 22.8 Å². The number of anilines is 1. The smallest absolute Gasteiger partial charge is 0.226 e. The third kappa shape index (κ3) is 2.34. The summed E-state index contributed by atoms with van der Waals surface area (Å²) in [5.41, 5.74) is 2.27. The van der Waals surface area contributed by atoms with Crippen LogP contribution in [-0.4, -0.2) is 21.6 Å². The predicted octanol–water partition coefficient (Wildman–Crippen LogP) is 2.60. The second kappa shape index (κ2) is 5.05. The van der Waals surface area contributed by atoms with Crippen molar-refractivity contribution in [3.05, 3.63) is 40.9 Å². The van der Waals surface area contributed by atoms with Crippen LogP contribution in [0.3, 0.4) is 0 Å². The summed E-state index contributed by atoms with van der Waals surface area (Å²) in [6, 6.07) is 8.12. The highest BCUT2D eigenvalue weighted by Gasteiger charge is 2.04. The fourth-order valence-corrected chi connectivity index (χ4v) is 1.90. The van der Waals surface area contributed by atoms with E-state index in [0.717, 1.165) is 12.1 Å². The molecular formula is C12H14N4S. The molecule has 0 amide bonds. The van der Waals surface area contributed by atoms with Crippen LogP contribution in [0.4, 0.5) is 5.95 Å². The van der Waals surface area contributed by atoms with Gasteiger partial charge in [-0.3, -0.25) is 4.57 Å². The summed E-state index contributed by atoms with van der Waals surface area (Å²) in [5.74, 6) is 0.542. The highest BCUT2D eigenvalue weighted by molar-refractivity contribution is 7.71. The molecule has 1 heterocycles. The predicted molar refractivity (Wildman–Crippen MR) is 71.1 cm³/mol. The molecule has 2 rings (SSSR count). The van der Waals surface area contributed by atoms with Crippen molar-refractivity contribution in [3.8, 4) is 5.69 Å². The molecule has 1 N–H and O–H groups in total. The molecule has 0 saturated heterocycles. The van der Waals surface area contributed by atoms with Crippen molar-refractivity contribution in [2.24, 2.45) is 0 Å². The first-order valence-corrected chi connectivity index (χ1v) is 5.88. The van der Waals surface area contributed by atoms with Crippen molar-refractivity contribution in [3.63, 3.8) is 0 Å². The Morgan fingerprint density at radius 1 is 1.35 bits per heavy atom. The number of aryl methyl sites for hydroxylation is 1. The average molecular weight is 246 g/mol. The van der Waals surface area contributed by atoms with E-state index in [9.17, 15) is 0 Å². The summed E-state index contributed by atoms with van der Waals surface area (Å²) in [6.45, 7) is 2.12. The summed E-state index contributed by atoms with van der Waals surface area (Å²) >= 11 is 5.27. The van der Waals surface area contributed by atoms with Gasteiger partial charge in [0.05, 0.1) is 5.69 Å². The van der Waals surface area contributed by atoms with E-state index >= 15 is 0 Å². The van der Waals surface area contributed by atoms with Crippen LogP contribution in [0.2, 0.25) is 0 Å². The number of rotatable bonds is 3. The minimum atomic E-state index is 0.505. The van der Waals surface area contributed by atoms with Crippen molar-refractivity contribution in [1.82, 2.24) is 14.5 Å². The first-order chi connectivity index (χ1) is 8.26. The van der Waals surface area contributed by atoms with Gasteiger partial charge in [-0.05, 0) is 30.3 Å². The van der Waals surface area contributed by atoms with E-state index < -0.39 is 0 Å². The fraction of sp³-hybridized carbons (Fsp3) is 0.250. The van der Waals surface area contributed by atoms with E-state index in [0.29, 0.717) is 10.7 Å². The van der Waals surface area contributed by atoms with E-state index in [-0.39, 0.29) is 0 Å². The lowest BCUT2D eigenvalue weighted by atomic mass is 10.1. The molecule has 88 valence electrons. The third-order valence-electron chi connectivity index (χ3n) is 2.56. The van der Waals surface area contributed by atoms with Gasteiger partial charge >= 0.3 is 0 Å². The first kappa shape index (κ1) is 11.7. The van der Waals surface area contributed by atoms with Gasteiger partial charge in [0.2, 0.25) is 10.7 Å². The molecule has 0 saturated carbocycles. The fourth-order valence-electron chi connectivity index (χ4n) is 1.67. The van der Waals surface area contributed by atoms with Crippen molar-refractivity contribution in [2.45, 2.75) is 13.3 Å². The summed E-state index contributed by atoms with van der Waals surface area (Å²) in [7, 11) is 1.77. The van der Waals surface area contributed by atoms with Crippen LogP contribution in [-0.2, 0) is 6.42 Å². The number of para-hydroxylation sites is 1. The monoisotopic (exact) mass is 246 g/mol. The van der Waals surface area contributed by atoms with Crippen LogP contribution in [0, 0.1) is 4.77 Å². The Kier molecular flexibility index (Phi) is 3.49. The molecule has 0 atom stereocenters. The number of hydrogen-bond donors (Lipinski definition) is 1. The zero-order valence-corrected chi connectivity index (χ0v) is 10.7. The molecule has 0 unspecified atom stereocenters. The molecule has 0 radical (unpaired) electrons. The average Bonchev–Trinajstić information content (AvgIpc) is 2.38. The molecule has 17 heavy (non-hydrogen) atoms. The normalized spacial score (nSPS) is 10.2. The van der Waals surface area contributed by atoms with E-state index in [4.69, 9.17) is 12.2 Å². The highest BCUT2D eigenvalue weighted by atomic mass is 32.1. The lowest BCUT2D eigenvalue weighted by molar-refractivity contribution is 0.882. The van der Waals surface area contributed by atoms with Gasteiger partial charge in [0.15, 0.2) is 0 Å². The molecule has 0 spiro atoms. The quantitative estimate of drug-likeness (QED) is 0.845. The Morgan fingerprint density at radius 3 is 2.76 bits per heavy atom. The van der Waals surface area contributed by atoms with Gasteiger partial charge in [0.1, 0.15) is 6.33 Å². The minimum Gasteiger partial charge on any atom is -0.357 e. The Labute approximate surface area is 105 Å². The number of hydrogen-bond acceptors (Lipinski definition) is 4. The maximum atomic E-state index is 5.27. The van der Waals surface area contributed by atoms with Gasteiger partial charge in [-0.2, -0.15) is 4.98 Å². The maximum absolute atomic E-state index is 5.27. The standard InChI is InChI=1S/C12H14N4S/c1-3-9-6-4-5-7-10(9)16-8-14-11(13-2)15-12(16)17/h4-8H,3H2,1-2H3,(H,13,15,17). The Morgan fingerprint density at radius 2 is 2.12 bits per heavy atom. The third-order valence-corrected chi connectivity index (χ3v) is 2.85. The highest BCUT2D eigenvalue weighted by Crippen LogP contribution is 2.15. The van der Waals surface area contributed by atoms with Crippen LogP contribution in [0.25, 0.3) is 5.69 Å². The summed E-state index contributed by atoms with van der Waals surface area (Å²) in [5, 5.41) is 2.87. The number of benzene rings is 1. The van der Waals surface area contributed by atoms with E-state index in [2.05, 4.69) is 28.3 Å².